The largest absolute Gasteiger partial charge is 0.352 e. The molecular weight excluding hydrogens is 226 g/mol. The van der Waals surface area contributed by atoms with Crippen molar-refractivity contribution in [2.45, 2.75) is 51.1 Å². The van der Waals surface area contributed by atoms with Gasteiger partial charge in [-0.25, -0.2) is 0 Å². The molecule has 0 radical (unpaired) electrons. The summed E-state index contributed by atoms with van der Waals surface area (Å²) in [6.45, 7) is 4.15. The number of amides is 1. The van der Waals surface area contributed by atoms with Crippen LogP contribution in [0.4, 0.5) is 0 Å². The van der Waals surface area contributed by atoms with Crippen molar-refractivity contribution in [1.82, 2.24) is 10.2 Å². The molecule has 1 saturated carbocycles. The van der Waals surface area contributed by atoms with Gasteiger partial charge in [-0.05, 0) is 45.2 Å². The van der Waals surface area contributed by atoms with Gasteiger partial charge in [0.1, 0.15) is 0 Å². The molecule has 4 atom stereocenters. The minimum atomic E-state index is 0.113. The molecule has 1 amide bonds. The van der Waals surface area contributed by atoms with E-state index in [0.717, 1.165) is 38.8 Å². The monoisotopic (exact) mass is 253 g/mol. The van der Waals surface area contributed by atoms with E-state index in [9.17, 15) is 4.79 Å². The maximum Gasteiger partial charge on any atom is 0.223 e. The van der Waals surface area contributed by atoms with Crippen molar-refractivity contribution < 1.29 is 4.79 Å². The highest BCUT2D eigenvalue weighted by Crippen LogP contribution is 2.29. The van der Waals surface area contributed by atoms with Crippen molar-refractivity contribution in [3.63, 3.8) is 0 Å². The highest BCUT2D eigenvalue weighted by atomic mass is 16.1. The first-order chi connectivity index (χ1) is 8.56. The fourth-order valence-corrected chi connectivity index (χ4v) is 3.32. The number of rotatable bonds is 3. The van der Waals surface area contributed by atoms with Crippen molar-refractivity contribution in [1.29, 1.82) is 0 Å². The standard InChI is InChI=1S/C14H27N3O/c1-10(11-4-3-5-12(15)8-11)14(18)16-13-6-7-17(2)9-13/h10-13H,3-9,15H2,1-2H3,(H,16,18). The molecule has 18 heavy (non-hydrogen) atoms. The Balaban J connectivity index is 1.80. The van der Waals surface area contributed by atoms with Gasteiger partial charge in [-0.2, -0.15) is 0 Å². The molecule has 2 fully saturated rings. The third-order valence-electron chi connectivity index (χ3n) is 4.61. The van der Waals surface area contributed by atoms with Gasteiger partial charge in [-0.1, -0.05) is 13.3 Å². The summed E-state index contributed by atoms with van der Waals surface area (Å²) < 4.78 is 0. The van der Waals surface area contributed by atoms with Gasteiger partial charge in [0, 0.05) is 24.5 Å². The number of likely N-dealkylation sites (N-methyl/N-ethyl adjacent to an activating group) is 1. The molecule has 1 saturated heterocycles. The van der Waals surface area contributed by atoms with Crippen LogP contribution < -0.4 is 11.1 Å². The van der Waals surface area contributed by atoms with Crippen molar-refractivity contribution in [2.75, 3.05) is 20.1 Å². The maximum absolute atomic E-state index is 12.2. The smallest absolute Gasteiger partial charge is 0.223 e. The van der Waals surface area contributed by atoms with Gasteiger partial charge in [0.2, 0.25) is 5.91 Å². The highest BCUT2D eigenvalue weighted by Gasteiger charge is 2.30. The van der Waals surface area contributed by atoms with E-state index in [4.69, 9.17) is 5.73 Å². The van der Waals surface area contributed by atoms with E-state index < -0.39 is 0 Å². The molecule has 2 aliphatic rings. The van der Waals surface area contributed by atoms with Crippen LogP contribution in [0.3, 0.4) is 0 Å². The van der Waals surface area contributed by atoms with Crippen molar-refractivity contribution in [3.8, 4) is 0 Å². The van der Waals surface area contributed by atoms with Crippen molar-refractivity contribution in [3.05, 3.63) is 0 Å². The first kappa shape index (κ1) is 13.8. The topological polar surface area (TPSA) is 58.4 Å². The predicted octanol–water partition coefficient (Wildman–Crippen LogP) is 0.960. The lowest BCUT2D eigenvalue weighted by Gasteiger charge is -2.31. The second-order valence-corrected chi connectivity index (χ2v) is 6.23. The second kappa shape index (κ2) is 6.02. The zero-order valence-corrected chi connectivity index (χ0v) is 11.7. The molecule has 1 aliphatic heterocycles. The van der Waals surface area contributed by atoms with Crippen LogP contribution in [0.2, 0.25) is 0 Å². The van der Waals surface area contributed by atoms with Gasteiger partial charge >= 0.3 is 0 Å². The fraction of sp³-hybridized carbons (Fsp3) is 0.929. The number of hydrogen-bond acceptors (Lipinski definition) is 3. The van der Waals surface area contributed by atoms with Crippen LogP contribution in [0.25, 0.3) is 0 Å². The number of nitrogens with one attached hydrogen (secondary N) is 1. The first-order valence-electron chi connectivity index (χ1n) is 7.30. The summed E-state index contributed by atoms with van der Waals surface area (Å²) in [4.78, 5) is 14.5. The lowest BCUT2D eigenvalue weighted by atomic mass is 9.78. The third kappa shape index (κ3) is 3.45. The number of hydrogen-bond donors (Lipinski definition) is 2. The summed E-state index contributed by atoms with van der Waals surface area (Å²) in [5, 5.41) is 3.20. The van der Waals surface area contributed by atoms with E-state index in [0.29, 0.717) is 18.0 Å². The minimum absolute atomic E-state index is 0.113. The molecular formula is C14H27N3O. The van der Waals surface area contributed by atoms with Crippen molar-refractivity contribution >= 4 is 5.91 Å². The van der Waals surface area contributed by atoms with E-state index in [1.807, 2.05) is 0 Å². The van der Waals surface area contributed by atoms with Gasteiger partial charge < -0.3 is 16.0 Å². The number of carbonyl (C=O) groups is 1. The summed E-state index contributed by atoms with van der Waals surface area (Å²) >= 11 is 0. The summed E-state index contributed by atoms with van der Waals surface area (Å²) in [7, 11) is 2.11. The Morgan fingerprint density at radius 2 is 2.17 bits per heavy atom. The van der Waals surface area contributed by atoms with Crippen LogP contribution in [0.5, 0.6) is 0 Å². The molecule has 0 spiro atoms. The molecule has 1 aliphatic carbocycles. The van der Waals surface area contributed by atoms with Crippen LogP contribution in [-0.4, -0.2) is 43.0 Å². The van der Waals surface area contributed by atoms with E-state index in [2.05, 4.69) is 24.2 Å². The summed E-state index contributed by atoms with van der Waals surface area (Å²) in [6.07, 6.45) is 5.55. The minimum Gasteiger partial charge on any atom is -0.352 e. The fourth-order valence-electron chi connectivity index (χ4n) is 3.32. The molecule has 0 aromatic rings. The summed E-state index contributed by atoms with van der Waals surface area (Å²) in [5.74, 6) is 0.824. The Morgan fingerprint density at radius 3 is 2.78 bits per heavy atom. The molecule has 4 unspecified atom stereocenters. The Hall–Kier alpha value is -0.610. The Morgan fingerprint density at radius 1 is 1.39 bits per heavy atom. The molecule has 0 bridgehead atoms. The molecule has 4 nitrogen and oxygen atoms in total. The Labute approximate surface area is 110 Å². The highest BCUT2D eigenvalue weighted by molar-refractivity contribution is 5.79. The lowest BCUT2D eigenvalue weighted by molar-refractivity contribution is -0.127. The Bertz CT molecular complexity index is 295. The second-order valence-electron chi connectivity index (χ2n) is 6.23. The van der Waals surface area contributed by atoms with Crippen molar-refractivity contribution in [2.24, 2.45) is 17.6 Å². The molecule has 104 valence electrons. The molecule has 1 heterocycles. The van der Waals surface area contributed by atoms with Gasteiger partial charge in [0.15, 0.2) is 0 Å². The van der Waals surface area contributed by atoms with Gasteiger partial charge in [-0.15, -0.1) is 0 Å². The normalized spacial score (nSPS) is 35.4. The maximum atomic E-state index is 12.2. The molecule has 0 aromatic carbocycles. The third-order valence-corrected chi connectivity index (χ3v) is 4.61. The quantitative estimate of drug-likeness (QED) is 0.787. The number of carbonyl (C=O) groups excluding carboxylic acids is 1. The number of likely N-dealkylation sites (tertiary alicyclic amines) is 1. The van der Waals surface area contributed by atoms with Gasteiger partial charge in [-0.3, -0.25) is 4.79 Å². The Kier molecular flexibility index (Phi) is 4.62. The predicted molar refractivity (Wildman–Crippen MR) is 73.1 cm³/mol. The molecule has 3 N–H and O–H groups in total. The van der Waals surface area contributed by atoms with Crippen LogP contribution in [0.1, 0.15) is 39.0 Å². The van der Waals surface area contributed by atoms with Crippen LogP contribution in [-0.2, 0) is 4.79 Å². The van der Waals surface area contributed by atoms with E-state index in [1.165, 1.54) is 6.42 Å². The average Bonchev–Trinajstić information content (AvgIpc) is 2.73. The number of nitrogens with zero attached hydrogens (tertiary/aromatic N) is 1. The van der Waals surface area contributed by atoms with E-state index in [1.54, 1.807) is 0 Å². The van der Waals surface area contributed by atoms with Crippen LogP contribution >= 0.6 is 0 Å². The summed E-state index contributed by atoms with van der Waals surface area (Å²) in [5.41, 5.74) is 6.01. The van der Waals surface area contributed by atoms with Crippen LogP contribution in [0, 0.1) is 11.8 Å². The molecule has 4 heteroatoms. The van der Waals surface area contributed by atoms with Gasteiger partial charge in [0.25, 0.3) is 0 Å². The average molecular weight is 253 g/mol. The van der Waals surface area contributed by atoms with E-state index in [-0.39, 0.29) is 11.8 Å². The zero-order chi connectivity index (χ0) is 13.1. The lowest BCUT2D eigenvalue weighted by Crippen LogP contribution is -2.43. The van der Waals surface area contributed by atoms with E-state index >= 15 is 0 Å². The molecule has 2 rings (SSSR count). The first-order valence-corrected chi connectivity index (χ1v) is 7.30. The SMILES string of the molecule is CC(C(=O)NC1CCN(C)C1)C1CCCC(N)C1. The zero-order valence-electron chi connectivity index (χ0n) is 11.7. The van der Waals surface area contributed by atoms with Gasteiger partial charge in [0.05, 0.1) is 0 Å². The van der Waals surface area contributed by atoms with Crippen LogP contribution in [0.15, 0.2) is 0 Å². The number of nitrogens with two attached hydrogens (primary N) is 1. The summed E-state index contributed by atoms with van der Waals surface area (Å²) in [6, 6.07) is 0.652. The molecule has 0 aromatic heterocycles.